The first-order chi connectivity index (χ1) is 13.4. The summed E-state index contributed by atoms with van der Waals surface area (Å²) in [7, 11) is 3.48. The van der Waals surface area contributed by atoms with Gasteiger partial charge < -0.3 is 9.80 Å². The van der Waals surface area contributed by atoms with Crippen molar-refractivity contribution in [3.8, 4) is 0 Å². The zero-order chi connectivity index (χ0) is 20.5. The van der Waals surface area contributed by atoms with Crippen molar-refractivity contribution in [3.63, 3.8) is 0 Å². The Kier molecular flexibility index (Phi) is 11.5. The van der Waals surface area contributed by atoms with Crippen molar-refractivity contribution in [1.82, 2.24) is 9.80 Å². The maximum Gasteiger partial charge on any atom is 0.147 e. The fraction of sp³-hybridized carbons (Fsp3) is 0.909. The minimum absolute atomic E-state index is 0.635. The van der Waals surface area contributed by atoms with Crippen LogP contribution in [0.3, 0.4) is 0 Å². The van der Waals surface area contributed by atoms with E-state index >= 15 is 0 Å². The molecule has 2 rings (SSSR count). The first-order valence-corrected chi connectivity index (χ1v) is 14.3. The third-order valence-electron chi connectivity index (χ3n) is 5.81. The van der Waals surface area contributed by atoms with E-state index in [0.717, 1.165) is 21.7 Å². The van der Waals surface area contributed by atoms with E-state index < -0.39 is 0 Å². The second-order valence-electron chi connectivity index (χ2n) is 9.37. The van der Waals surface area contributed by atoms with Gasteiger partial charge >= 0.3 is 0 Å². The Balaban J connectivity index is 1.94. The first kappa shape index (κ1) is 24.7. The zero-order valence-electron chi connectivity index (χ0n) is 18.3. The molecule has 0 radical (unpaired) electrons. The van der Waals surface area contributed by atoms with E-state index in [1.54, 1.807) is 21.6 Å². The van der Waals surface area contributed by atoms with E-state index in [1.165, 1.54) is 64.2 Å². The van der Waals surface area contributed by atoms with Gasteiger partial charge in [0.25, 0.3) is 0 Å². The fourth-order valence-electron chi connectivity index (χ4n) is 4.48. The molecule has 0 aliphatic heterocycles. The van der Waals surface area contributed by atoms with Gasteiger partial charge in [-0.3, -0.25) is 0 Å². The lowest BCUT2D eigenvalue weighted by atomic mass is 9.94. The van der Waals surface area contributed by atoms with Gasteiger partial charge in [-0.2, -0.15) is 0 Å². The minimum Gasteiger partial charge on any atom is -0.354 e. The van der Waals surface area contributed by atoms with E-state index in [4.69, 9.17) is 24.4 Å². The predicted molar refractivity (Wildman–Crippen MR) is 137 cm³/mol. The second kappa shape index (κ2) is 13.0. The smallest absolute Gasteiger partial charge is 0.147 e. The van der Waals surface area contributed by atoms with Crippen molar-refractivity contribution >= 4 is 54.7 Å². The zero-order valence-corrected chi connectivity index (χ0v) is 21.6. The Hall–Kier alpha value is 0.480. The summed E-state index contributed by atoms with van der Waals surface area (Å²) in [5.74, 6) is 1.27. The van der Waals surface area contributed by atoms with E-state index in [2.05, 4.69) is 37.5 Å². The standard InChI is InChI=1S/C22H40N2S4/c1-17(2)15-23(19-11-7-5-8-12-19)21(25)27-28-22(26)24(16-18(3)4)20-13-9-6-10-14-20/h17-20H,5-16H2,1-4H3. The van der Waals surface area contributed by atoms with Gasteiger partial charge in [0.15, 0.2) is 0 Å². The molecule has 0 spiro atoms. The molecule has 28 heavy (non-hydrogen) atoms. The van der Waals surface area contributed by atoms with Crippen molar-refractivity contribution in [2.45, 2.75) is 104 Å². The number of hydrogen-bond acceptors (Lipinski definition) is 4. The molecule has 0 aromatic rings. The third-order valence-corrected chi connectivity index (χ3v) is 9.44. The largest absolute Gasteiger partial charge is 0.354 e. The highest BCUT2D eigenvalue weighted by molar-refractivity contribution is 8.89. The van der Waals surface area contributed by atoms with Crippen LogP contribution in [0, 0.1) is 11.8 Å². The summed E-state index contributed by atoms with van der Waals surface area (Å²) in [5.41, 5.74) is 0. The lowest BCUT2D eigenvalue weighted by Crippen LogP contribution is -2.42. The second-order valence-corrected chi connectivity index (χ2v) is 12.8. The van der Waals surface area contributed by atoms with Gasteiger partial charge in [0, 0.05) is 25.2 Å². The van der Waals surface area contributed by atoms with Crippen LogP contribution >= 0.6 is 46.0 Å². The summed E-state index contributed by atoms with van der Waals surface area (Å²) in [6.45, 7) is 11.3. The van der Waals surface area contributed by atoms with Crippen molar-refractivity contribution in [2.75, 3.05) is 13.1 Å². The van der Waals surface area contributed by atoms with Crippen LogP contribution in [0.2, 0.25) is 0 Å². The van der Waals surface area contributed by atoms with Crippen molar-refractivity contribution in [3.05, 3.63) is 0 Å². The van der Waals surface area contributed by atoms with E-state index in [1.807, 2.05) is 0 Å². The lowest BCUT2D eigenvalue weighted by Gasteiger charge is -2.38. The summed E-state index contributed by atoms with van der Waals surface area (Å²) in [4.78, 5) is 5.04. The first-order valence-electron chi connectivity index (χ1n) is 11.3. The Labute approximate surface area is 192 Å². The number of nitrogens with zero attached hydrogens (tertiary/aromatic N) is 2. The van der Waals surface area contributed by atoms with Gasteiger partial charge in [0.1, 0.15) is 8.64 Å². The number of hydrogen-bond donors (Lipinski definition) is 0. The fourth-order valence-corrected chi connectivity index (χ4v) is 7.33. The topological polar surface area (TPSA) is 6.48 Å². The minimum atomic E-state index is 0.635. The summed E-state index contributed by atoms with van der Waals surface area (Å²) >= 11 is 11.8. The molecule has 0 N–H and O–H groups in total. The van der Waals surface area contributed by atoms with Crippen LogP contribution in [0.15, 0.2) is 0 Å². The van der Waals surface area contributed by atoms with Crippen LogP contribution in [0.5, 0.6) is 0 Å². The normalized spacial score (nSPS) is 19.2. The highest BCUT2D eigenvalue weighted by Crippen LogP contribution is 2.35. The van der Waals surface area contributed by atoms with Crippen LogP contribution in [0.25, 0.3) is 0 Å². The molecule has 0 aromatic heterocycles. The molecular formula is C22H40N2S4. The van der Waals surface area contributed by atoms with Crippen LogP contribution < -0.4 is 0 Å². The molecule has 0 amide bonds. The molecule has 2 aliphatic carbocycles. The summed E-state index contributed by atoms with van der Waals surface area (Å²) in [5, 5.41) is 0. The van der Waals surface area contributed by atoms with Gasteiger partial charge in [-0.05, 0) is 59.1 Å². The van der Waals surface area contributed by atoms with Gasteiger partial charge in [-0.15, -0.1) is 0 Å². The van der Waals surface area contributed by atoms with Crippen molar-refractivity contribution < 1.29 is 0 Å². The summed E-state index contributed by atoms with van der Waals surface area (Å²) in [6, 6.07) is 1.27. The van der Waals surface area contributed by atoms with Crippen molar-refractivity contribution in [2.24, 2.45) is 11.8 Å². The molecule has 162 valence electrons. The molecular weight excluding hydrogens is 421 g/mol. The molecule has 0 aromatic carbocycles. The van der Waals surface area contributed by atoms with Gasteiger partial charge in [-0.25, -0.2) is 0 Å². The quantitative estimate of drug-likeness (QED) is 0.296. The Morgan fingerprint density at radius 2 is 1.00 bits per heavy atom. The maximum atomic E-state index is 5.91. The Bertz CT molecular complexity index is 439. The molecule has 0 heterocycles. The molecule has 2 saturated carbocycles. The lowest BCUT2D eigenvalue weighted by molar-refractivity contribution is 0.231. The van der Waals surface area contributed by atoms with Crippen LogP contribution in [0.4, 0.5) is 0 Å². The highest BCUT2D eigenvalue weighted by atomic mass is 33.1. The number of rotatable bonds is 6. The third kappa shape index (κ3) is 8.31. The monoisotopic (exact) mass is 460 g/mol. The molecule has 6 heteroatoms. The van der Waals surface area contributed by atoms with Crippen LogP contribution in [0.1, 0.15) is 91.9 Å². The summed E-state index contributed by atoms with van der Waals surface area (Å²) < 4.78 is 2.09. The van der Waals surface area contributed by atoms with E-state index in [9.17, 15) is 0 Å². The van der Waals surface area contributed by atoms with Gasteiger partial charge in [0.2, 0.25) is 0 Å². The molecule has 0 saturated heterocycles. The molecule has 2 fully saturated rings. The number of thiocarbonyl (C=S) groups is 2. The summed E-state index contributed by atoms with van der Waals surface area (Å²) in [6.07, 6.45) is 13.3. The molecule has 0 bridgehead atoms. The Morgan fingerprint density at radius 1 is 0.679 bits per heavy atom. The Morgan fingerprint density at radius 3 is 1.29 bits per heavy atom. The molecule has 2 nitrogen and oxygen atoms in total. The molecule has 0 atom stereocenters. The maximum absolute atomic E-state index is 5.91. The van der Waals surface area contributed by atoms with E-state index in [-0.39, 0.29) is 0 Å². The predicted octanol–water partition coefficient (Wildman–Crippen LogP) is 7.52. The van der Waals surface area contributed by atoms with Crippen LogP contribution in [-0.4, -0.2) is 43.6 Å². The average Bonchev–Trinajstić information content (AvgIpc) is 2.69. The SMILES string of the molecule is CC(C)CN(C(=S)SSC(=S)N(CC(C)C)C1CCCCC1)C1CCCCC1. The van der Waals surface area contributed by atoms with Gasteiger partial charge in [-0.1, -0.05) is 90.7 Å². The highest BCUT2D eigenvalue weighted by Gasteiger charge is 2.27. The van der Waals surface area contributed by atoms with E-state index in [0.29, 0.717) is 23.9 Å². The molecule has 0 unspecified atom stereocenters. The average molecular weight is 461 g/mol. The van der Waals surface area contributed by atoms with Crippen molar-refractivity contribution in [1.29, 1.82) is 0 Å². The van der Waals surface area contributed by atoms with Crippen LogP contribution in [-0.2, 0) is 0 Å². The van der Waals surface area contributed by atoms with Gasteiger partial charge in [0.05, 0.1) is 0 Å². The molecule has 2 aliphatic rings.